The van der Waals surface area contributed by atoms with E-state index in [9.17, 15) is 9.90 Å². The van der Waals surface area contributed by atoms with Gasteiger partial charge in [0.25, 0.3) is 0 Å². The molecule has 0 aliphatic carbocycles. The lowest BCUT2D eigenvalue weighted by atomic mass is 9.65. The Labute approximate surface area is 156 Å². The summed E-state index contributed by atoms with van der Waals surface area (Å²) in [5, 5.41) is 9.92. The van der Waals surface area contributed by atoms with Crippen molar-refractivity contribution in [1.82, 2.24) is 9.80 Å². The maximum absolute atomic E-state index is 12.5. The van der Waals surface area contributed by atoms with Crippen molar-refractivity contribution >= 4 is 6.09 Å². The molecule has 2 saturated heterocycles. The quantitative estimate of drug-likeness (QED) is 0.831. The van der Waals surface area contributed by atoms with Gasteiger partial charge in [-0.1, -0.05) is 26.0 Å². The molecule has 5 heteroatoms. The van der Waals surface area contributed by atoms with E-state index in [2.05, 4.69) is 24.8 Å². The summed E-state index contributed by atoms with van der Waals surface area (Å²) in [5.74, 6) is 0.797. The predicted octanol–water partition coefficient (Wildman–Crippen LogP) is 3.61. The van der Waals surface area contributed by atoms with Crippen LogP contribution in [0.15, 0.2) is 24.3 Å². The molecule has 144 valence electrons. The van der Waals surface area contributed by atoms with E-state index in [1.54, 1.807) is 6.07 Å². The van der Waals surface area contributed by atoms with Crippen molar-refractivity contribution in [3.05, 3.63) is 29.8 Å². The monoisotopic (exact) mass is 360 g/mol. The lowest BCUT2D eigenvalue weighted by Crippen LogP contribution is -2.62. The van der Waals surface area contributed by atoms with E-state index in [1.165, 1.54) is 5.56 Å². The van der Waals surface area contributed by atoms with Gasteiger partial charge in [0, 0.05) is 32.2 Å². The Morgan fingerprint density at radius 2 is 2.00 bits per heavy atom. The largest absolute Gasteiger partial charge is 0.508 e. The van der Waals surface area contributed by atoms with Crippen LogP contribution in [0.4, 0.5) is 4.79 Å². The van der Waals surface area contributed by atoms with Gasteiger partial charge in [-0.25, -0.2) is 4.79 Å². The molecule has 2 heterocycles. The van der Waals surface area contributed by atoms with Gasteiger partial charge in [-0.2, -0.15) is 0 Å². The van der Waals surface area contributed by atoms with Gasteiger partial charge in [0.1, 0.15) is 11.4 Å². The SMILES string of the molecule is C[C@H]1CN2CCN(C(=O)OC(C)(C)C)C[C@H]2C[C@@]1(C)c1cccc(O)c1. The number of aromatic hydroxyl groups is 1. The molecule has 1 amide bonds. The fourth-order valence-corrected chi connectivity index (χ4v) is 4.33. The number of hydrogen-bond donors (Lipinski definition) is 1. The molecule has 0 radical (unpaired) electrons. The minimum Gasteiger partial charge on any atom is -0.508 e. The predicted molar refractivity (Wildman–Crippen MR) is 102 cm³/mol. The zero-order chi connectivity index (χ0) is 19.1. The molecule has 0 bridgehead atoms. The van der Waals surface area contributed by atoms with Gasteiger partial charge in [0.15, 0.2) is 0 Å². The van der Waals surface area contributed by atoms with Gasteiger partial charge in [-0.05, 0) is 56.2 Å². The maximum atomic E-state index is 12.5. The molecule has 2 aliphatic heterocycles. The van der Waals surface area contributed by atoms with Crippen molar-refractivity contribution in [3.8, 4) is 5.75 Å². The molecule has 0 unspecified atom stereocenters. The molecule has 1 aromatic carbocycles. The standard InChI is InChI=1S/C21H32N2O3/c1-15-13-22-9-10-23(19(25)26-20(2,3)4)14-17(22)12-21(15,5)16-7-6-8-18(24)11-16/h6-8,11,15,17,24H,9-10,12-14H2,1-5H3/t15-,17+,21+/m0/s1. The smallest absolute Gasteiger partial charge is 0.410 e. The van der Waals surface area contributed by atoms with Gasteiger partial charge in [-0.3, -0.25) is 4.90 Å². The highest BCUT2D eigenvalue weighted by Crippen LogP contribution is 2.43. The van der Waals surface area contributed by atoms with Crippen molar-refractivity contribution in [3.63, 3.8) is 0 Å². The molecule has 2 aliphatic rings. The highest BCUT2D eigenvalue weighted by molar-refractivity contribution is 5.68. The topological polar surface area (TPSA) is 53.0 Å². The first-order chi connectivity index (χ1) is 12.1. The van der Waals surface area contributed by atoms with Crippen LogP contribution in [0, 0.1) is 5.92 Å². The number of carbonyl (C=O) groups is 1. The number of piperazine rings is 1. The number of phenols is 1. The number of carbonyl (C=O) groups excluding carboxylic acids is 1. The summed E-state index contributed by atoms with van der Waals surface area (Å²) in [6.07, 6.45) is 0.756. The third-order valence-electron chi connectivity index (χ3n) is 6.02. The van der Waals surface area contributed by atoms with Crippen molar-refractivity contribution in [2.75, 3.05) is 26.2 Å². The van der Waals surface area contributed by atoms with E-state index in [0.717, 1.165) is 26.1 Å². The van der Waals surface area contributed by atoms with Crippen molar-refractivity contribution in [1.29, 1.82) is 0 Å². The molecular weight excluding hydrogens is 328 g/mol. The van der Waals surface area contributed by atoms with Crippen LogP contribution in [-0.2, 0) is 10.2 Å². The number of piperidine rings is 1. The molecule has 26 heavy (non-hydrogen) atoms. The summed E-state index contributed by atoms with van der Waals surface area (Å²) in [6, 6.07) is 7.96. The van der Waals surface area contributed by atoms with Crippen LogP contribution in [0.2, 0.25) is 0 Å². The van der Waals surface area contributed by atoms with E-state index in [4.69, 9.17) is 4.74 Å². The number of hydrogen-bond acceptors (Lipinski definition) is 4. The van der Waals surface area contributed by atoms with E-state index in [1.807, 2.05) is 37.8 Å². The lowest BCUT2D eigenvalue weighted by molar-refractivity contribution is -0.0228. The second kappa shape index (κ2) is 6.76. The number of nitrogens with zero attached hydrogens (tertiary/aromatic N) is 2. The highest BCUT2D eigenvalue weighted by Gasteiger charge is 2.45. The first kappa shape index (κ1) is 19.0. The Morgan fingerprint density at radius 3 is 2.65 bits per heavy atom. The van der Waals surface area contributed by atoms with Crippen molar-refractivity contribution in [2.45, 2.75) is 58.1 Å². The van der Waals surface area contributed by atoms with Crippen LogP contribution >= 0.6 is 0 Å². The van der Waals surface area contributed by atoms with Crippen LogP contribution in [0.5, 0.6) is 5.75 Å². The summed E-state index contributed by atoms with van der Waals surface area (Å²) in [7, 11) is 0. The van der Waals surface area contributed by atoms with Crippen LogP contribution in [0.25, 0.3) is 0 Å². The first-order valence-corrected chi connectivity index (χ1v) is 9.60. The Hall–Kier alpha value is -1.75. The van der Waals surface area contributed by atoms with Crippen molar-refractivity contribution < 1.29 is 14.6 Å². The fraction of sp³-hybridized carbons (Fsp3) is 0.667. The first-order valence-electron chi connectivity index (χ1n) is 9.60. The number of phenolic OH excluding ortho intramolecular Hbond substituents is 1. The zero-order valence-electron chi connectivity index (χ0n) is 16.7. The molecular formula is C21H32N2O3. The third kappa shape index (κ3) is 3.83. The minimum absolute atomic E-state index is 0.0170. The number of ether oxygens (including phenoxy) is 1. The van der Waals surface area contributed by atoms with Gasteiger partial charge in [0.2, 0.25) is 0 Å². The second-order valence-electron chi connectivity index (χ2n) is 9.15. The second-order valence-corrected chi connectivity index (χ2v) is 9.15. The van der Waals surface area contributed by atoms with Gasteiger partial charge in [0.05, 0.1) is 0 Å². The normalized spacial score (nSPS) is 30.0. The Kier molecular flexibility index (Phi) is 4.95. The van der Waals surface area contributed by atoms with E-state index in [-0.39, 0.29) is 11.5 Å². The van der Waals surface area contributed by atoms with Crippen LogP contribution < -0.4 is 0 Å². The fourth-order valence-electron chi connectivity index (χ4n) is 4.33. The summed E-state index contributed by atoms with van der Waals surface area (Å²) < 4.78 is 5.57. The van der Waals surface area contributed by atoms with Crippen LogP contribution in [0.1, 0.15) is 46.6 Å². The summed E-state index contributed by atoms with van der Waals surface area (Å²) in [4.78, 5) is 16.8. The average Bonchev–Trinajstić information content (AvgIpc) is 2.54. The maximum Gasteiger partial charge on any atom is 0.410 e. The Balaban J connectivity index is 1.76. The molecule has 0 aromatic heterocycles. The summed E-state index contributed by atoms with van der Waals surface area (Å²) in [5.41, 5.74) is 0.696. The van der Waals surface area contributed by atoms with Crippen molar-refractivity contribution in [2.24, 2.45) is 5.92 Å². The Morgan fingerprint density at radius 1 is 1.27 bits per heavy atom. The van der Waals surface area contributed by atoms with E-state index < -0.39 is 5.60 Å². The van der Waals surface area contributed by atoms with E-state index >= 15 is 0 Å². The van der Waals surface area contributed by atoms with Crippen LogP contribution in [0.3, 0.4) is 0 Å². The number of amides is 1. The molecule has 5 nitrogen and oxygen atoms in total. The molecule has 3 rings (SSSR count). The number of rotatable bonds is 1. The molecule has 2 fully saturated rings. The summed E-state index contributed by atoms with van der Waals surface area (Å²) >= 11 is 0. The highest BCUT2D eigenvalue weighted by atomic mass is 16.6. The van der Waals surface area contributed by atoms with Gasteiger partial charge in [-0.15, -0.1) is 0 Å². The zero-order valence-corrected chi connectivity index (χ0v) is 16.7. The van der Waals surface area contributed by atoms with Gasteiger partial charge >= 0.3 is 6.09 Å². The lowest BCUT2D eigenvalue weighted by Gasteiger charge is -2.53. The Bertz CT molecular complexity index is 669. The third-order valence-corrected chi connectivity index (χ3v) is 6.02. The molecule has 0 spiro atoms. The number of benzene rings is 1. The van der Waals surface area contributed by atoms with Gasteiger partial charge < -0.3 is 14.7 Å². The molecule has 0 saturated carbocycles. The van der Waals surface area contributed by atoms with E-state index in [0.29, 0.717) is 24.3 Å². The molecule has 1 aromatic rings. The number of fused-ring (bicyclic) bond motifs is 1. The average molecular weight is 360 g/mol. The molecule has 1 N–H and O–H groups in total. The minimum atomic E-state index is -0.467. The summed E-state index contributed by atoms with van der Waals surface area (Å²) in [6.45, 7) is 13.6. The molecule has 3 atom stereocenters. The van der Waals surface area contributed by atoms with Crippen LogP contribution in [-0.4, -0.2) is 58.8 Å².